The largest absolute Gasteiger partial charge is 0.451 e. The summed E-state index contributed by atoms with van der Waals surface area (Å²) in [6, 6.07) is 9.01. The first-order valence-corrected chi connectivity index (χ1v) is 10.2. The molecule has 0 radical (unpaired) electrons. The molecule has 6 heteroatoms. The minimum Gasteiger partial charge on any atom is -0.451 e. The highest BCUT2D eigenvalue weighted by molar-refractivity contribution is 6.11. The molecule has 1 heterocycles. The van der Waals surface area contributed by atoms with Gasteiger partial charge < -0.3 is 9.47 Å². The quantitative estimate of drug-likeness (QED) is 0.591. The third-order valence-corrected chi connectivity index (χ3v) is 4.71. The van der Waals surface area contributed by atoms with Crippen LogP contribution in [0.5, 0.6) is 11.5 Å². The second-order valence-corrected chi connectivity index (χ2v) is 8.76. The van der Waals surface area contributed by atoms with Crippen molar-refractivity contribution in [3.05, 3.63) is 58.1 Å². The van der Waals surface area contributed by atoms with E-state index in [9.17, 15) is 9.59 Å². The van der Waals surface area contributed by atoms with E-state index in [1.807, 2.05) is 47.6 Å². The zero-order valence-corrected chi connectivity index (χ0v) is 18.8. The predicted molar refractivity (Wildman–Crippen MR) is 116 cm³/mol. The molecule has 0 saturated carbocycles. The molecular formula is C24H30N2O4. The highest BCUT2D eigenvalue weighted by atomic mass is 16.7. The van der Waals surface area contributed by atoms with E-state index in [0.717, 1.165) is 21.7 Å². The van der Waals surface area contributed by atoms with Crippen molar-refractivity contribution in [1.29, 1.82) is 0 Å². The van der Waals surface area contributed by atoms with Gasteiger partial charge >= 0.3 is 0 Å². The number of benzene rings is 2. The minimum atomic E-state index is -0.499. The van der Waals surface area contributed by atoms with Gasteiger partial charge in [0, 0.05) is 29.2 Å². The van der Waals surface area contributed by atoms with Gasteiger partial charge in [-0.1, -0.05) is 24.1 Å². The van der Waals surface area contributed by atoms with Crippen LogP contribution in [0.3, 0.4) is 0 Å². The van der Waals surface area contributed by atoms with Crippen molar-refractivity contribution in [2.24, 2.45) is 0 Å². The van der Waals surface area contributed by atoms with Crippen molar-refractivity contribution >= 4 is 11.8 Å². The van der Waals surface area contributed by atoms with Crippen LogP contribution in [0.4, 0.5) is 0 Å². The van der Waals surface area contributed by atoms with Gasteiger partial charge in [0.25, 0.3) is 11.8 Å². The van der Waals surface area contributed by atoms with E-state index in [-0.39, 0.29) is 0 Å². The fourth-order valence-electron chi connectivity index (χ4n) is 3.63. The van der Waals surface area contributed by atoms with E-state index < -0.39 is 23.6 Å². The lowest BCUT2D eigenvalue weighted by atomic mass is 10.0. The topological polar surface area (TPSA) is 67.9 Å². The lowest BCUT2D eigenvalue weighted by Gasteiger charge is -2.31. The summed E-state index contributed by atoms with van der Waals surface area (Å²) in [4.78, 5) is 27.0. The average Bonchev–Trinajstić information content (AvgIpc) is 3.02. The maximum absolute atomic E-state index is 13.6. The zero-order chi connectivity index (χ0) is 22.2. The molecule has 1 atom stereocenters. The number of fused-ring (bicyclic) bond motifs is 1. The summed E-state index contributed by atoms with van der Waals surface area (Å²) < 4.78 is 11.4. The van der Waals surface area contributed by atoms with Crippen LogP contribution in [0.2, 0.25) is 0 Å². The molecule has 0 fully saturated rings. The van der Waals surface area contributed by atoms with Crippen molar-refractivity contribution in [2.45, 2.75) is 66.7 Å². The Kier molecular flexibility index (Phi) is 5.90. The first-order chi connectivity index (χ1) is 14.0. The number of nitrogens with zero attached hydrogens (tertiary/aromatic N) is 1. The molecule has 1 aliphatic heterocycles. The average molecular weight is 411 g/mol. The maximum Gasteiger partial charge on any atom is 0.275 e. The molecule has 0 aromatic heterocycles. The van der Waals surface area contributed by atoms with E-state index in [1.165, 1.54) is 0 Å². The van der Waals surface area contributed by atoms with Gasteiger partial charge in [0.15, 0.2) is 11.5 Å². The Morgan fingerprint density at radius 3 is 2.23 bits per heavy atom. The summed E-state index contributed by atoms with van der Waals surface area (Å²) in [6.07, 6.45) is 0.165. The fourth-order valence-corrected chi connectivity index (χ4v) is 3.63. The Hall–Kier alpha value is -2.86. The summed E-state index contributed by atoms with van der Waals surface area (Å²) >= 11 is 0. The third kappa shape index (κ3) is 4.49. The van der Waals surface area contributed by atoms with Crippen molar-refractivity contribution in [3.63, 3.8) is 0 Å². The Morgan fingerprint density at radius 2 is 1.67 bits per heavy atom. The van der Waals surface area contributed by atoms with Crippen LogP contribution in [0.25, 0.3) is 0 Å². The Morgan fingerprint density at radius 1 is 1.03 bits per heavy atom. The number of hydrogen-bond acceptors (Lipinski definition) is 5. The number of ether oxygens (including phenoxy) is 2. The van der Waals surface area contributed by atoms with Crippen LogP contribution in [-0.4, -0.2) is 28.7 Å². The third-order valence-electron chi connectivity index (χ3n) is 4.71. The molecule has 1 N–H and O–H groups in total. The van der Waals surface area contributed by atoms with Gasteiger partial charge in [-0.2, -0.15) is 0 Å². The van der Waals surface area contributed by atoms with Crippen molar-refractivity contribution in [3.8, 4) is 11.5 Å². The Balaban J connectivity index is 2.06. The summed E-state index contributed by atoms with van der Waals surface area (Å²) in [6.45, 7) is 13.3. The van der Waals surface area contributed by atoms with Crippen molar-refractivity contribution in [1.82, 2.24) is 10.4 Å². The van der Waals surface area contributed by atoms with Gasteiger partial charge in [-0.15, -0.1) is 0 Å². The normalized spacial score (nSPS) is 15.2. The van der Waals surface area contributed by atoms with Gasteiger partial charge in [0.05, 0.1) is 0 Å². The van der Waals surface area contributed by atoms with Gasteiger partial charge in [-0.25, -0.2) is 10.4 Å². The molecule has 1 aliphatic rings. The lowest BCUT2D eigenvalue weighted by molar-refractivity contribution is 0.0450. The molecule has 0 bridgehead atoms. The second kappa shape index (κ2) is 8.11. The highest BCUT2D eigenvalue weighted by Crippen LogP contribution is 2.40. The number of carbonyl (C=O) groups excluding carboxylic acids is 2. The predicted octanol–water partition coefficient (Wildman–Crippen LogP) is 4.57. The second-order valence-electron chi connectivity index (χ2n) is 8.76. The SMILES string of the molecule is CCc1c(C(=O)N(NC(C)(C)C)C(=O)c2cc(C)cc(C)c2)ccc2c1OC(C)O2. The van der Waals surface area contributed by atoms with Crippen LogP contribution in [0.15, 0.2) is 30.3 Å². The lowest BCUT2D eigenvalue weighted by Crippen LogP contribution is -2.55. The molecule has 2 amide bonds. The molecule has 1 unspecified atom stereocenters. The first kappa shape index (κ1) is 21.8. The molecule has 0 aliphatic carbocycles. The standard InChI is InChI=1S/C24H30N2O4/c1-8-18-19(9-10-20-21(18)30-16(4)29-20)23(28)26(25-24(5,6)7)22(27)17-12-14(2)11-15(3)13-17/h9-13,16,25H,8H2,1-7H3. The number of carbonyl (C=O) groups is 2. The molecule has 0 spiro atoms. The van der Waals surface area contributed by atoms with E-state index in [1.54, 1.807) is 31.2 Å². The van der Waals surface area contributed by atoms with Crippen LogP contribution in [0, 0.1) is 13.8 Å². The molecule has 3 rings (SSSR count). The molecule has 2 aromatic carbocycles. The number of aryl methyl sites for hydroxylation is 2. The Bertz CT molecular complexity index is 971. The zero-order valence-electron chi connectivity index (χ0n) is 18.8. The number of hydrogen-bond donors (Lipinski definition) is 1. The molecule has 6 nitrogen and oxygen atoms in total. The number of imide groups is 1. The number of hydrazine groups is 1. The van der Waals surface area contributed by atoms with E-state index in [0.29, 0.717) is 29.0 Å². The van der Waals surface area contributed by atoms with Gasteiger partial charge in [0.1, 0.15) is 0 Å². The smallest absolute Gasteiger partial charge is 0.275 e. The summed E-state index contributed by atoms with van der Waals surface area (Å²) in [7, 11) is 0. The summed E-state index contributed by atoms with van der Waals surface area (Å²) in [5.41, 5.74) is 6.13. The molecule has 30 heavy (non-hydrogen) atoms. The number of rotatable bonds is 4. The first-order valence-electron chi connectivity index (χ1n) is 10.2. The maximum atomic E-state index is 13.6. The molecular weight excluding hydrogens is 380 g/mol. The minimum absolute atomic E-state index is 0.394. The van der Waals surface area contributed by atoms with Gasteiger partial charge in [-0.05, 0) is 65.3 Å². The van der Waals surface area contributed by atoms with E-state index in [2.05, 4.69) is 5.43 Å². The Labute approximate surface area is 178 Å². The molecule has 160 valence electrons. The summed E-state index contributed by atoms with van der Waals surface area (Å²) in [5, 5.41) is 1.12. The van der Waals surface area contributed by atoms with Crippen LogP contribution < -0.4 is 14.9 Å². The molecule has 2 aromatic rings. The van der Waals surface area contributed by atoms with E-state index in [4.69, 9.17) is 9.47 Å². The van der Waals surface area contributed by atoms with Crippen LogP contribution in [0.1, 0.15) is 72.0 Å². The van der Waals surface area contributed by atoms with E-state index >= 15 is 0 Å². The van der Waals surface area contributed by atoms with Crippen molar-refractivity contribution in [2.75, 3.05) is 0 Å². The van der Waals surface area contributed by atoms with Crippen molar-refractivity contribution < 1.29 is 19.1 Å². The highest BCUT2D eigenvalue weighted by Gasteiger charge is 2.33. The van der Waals surface area contributed by atoms with Gasteiger partial charge in [0.2, 0.25) is 6.29 Å². The fraction of sp³-hybridized carbons (Fsp3) is 0.417. The van der Waals surface area contributed by atoms with Crippen LogP contribution >= 0.6 is 0 Å². The van der Waals surface area contributed by atoms with Crippen LogP contribution in [-0.2, 0) is 6.42 Å². The monoisotopic (exact) mass is 410 g/mol. The molecule has 0 saturated heterocycles. The number of nitrogens with one attached hydrogen (secondary N) is 1. The number of amides is 2. The summed E-state index contributed by atoms with van der Waals surface area (Å²) in [5.74, 6) is 0.379. The van der Waals surface area contributed by atoms with Gasteiger partial charge in [-0.3, -0.25) is 9.59 Å².